The highest BCUT2D eigenvalue weighted by molar-refractivity contribution is 5.85. The van der Waals surface area contributed by atoms with Crippen LogP contribution in [0.25, 0.3) is 10.8 Å². The summed E-state index contributed by atoms with van der Waals surface area (Å²) in [6.45, 7) is 7.89. The van der Waals surface area contributed by atoms with Crippen LogP contribution in [0.2, 0.25) is 0 Å². The smallest absolute Gasteiger partial charge is 0.410 e. The first-order chi connectivity index (χ1) is 18.4. The van der Waals surface area contributed by atoms with Crippen LogP contribution in [0.5, 0.6) is 0 Å². The molecule has 4 rings (SSSR count). The predicted octanol–water partition coefficient (Wildman–Crippen LogP) is 7.23. The van der Waals surface area contributed by atoms with Gasteiger partial charge in [0.25, 0.3) is 0 Å². The molecule has 0 aliphatic carbocycles. The minimum absolute atomic E-state index is 0.0188. The molecule has 1 fully saturated rings. The molecule has 3 aromatic rings. The van der Waals surface area contributed by atoms with Crippen molar-refractivity contribution in [3.63, 3.8) is 0 Å². The number of amides is 2. The molecular formula is C33H42N2O3. The van der Waals surface area contributed by atoms with E-state index in [2.05, 4.69) is 56.0 Å². The van der Waals surface area contributed by atoms with Gasteiger partial charge in [-0.15, -0.1) is 0 Å². The van der Waals surface area contributed by atoms with Gasteiger partial charge in [0, 0.05) is 19.1 Å². The Balaban J connectivity index is 1.51. The fourth-order valence-electron chi connectivity index (χ4n) is 5.53. The maximum absolute atomic E-state index is 13.7. The Labute approximate surface area is 227 Å². The second-order valence-electron chi connectivity index (χ2n) is 11.0. The fourth-order valence-corrected chi connectivity index (χ4v) is 5.53. The summed E-state index contributed by atoms with van der Waals surface area (Å²) in [4.78, 5) is 31.1. The van der Waals surface area contributed by atoms with E-state index in [1.807, 2.05) is 47.4 Å². The van der Waals surface area contributed by atoms with E-state index in [0.29, 0.717) is 25.4 Å². The molecule has 5 heteroatoms. The van der Waals surface area contributed by atoms with Gasteiger partial charge in [-0.3, -0.25) is 4.79 Å². The molecule has 5 nitrogen and oxygen atoms in total. The van der Waals surface area contributed by atoms with Gasteiger partial charge in [0.15, 0.2) is 0 Å². The maximum atomic E-state index is 13.7. The third kappa shape index (κ3) is 7.37. The van der Waals surface area contributed by atoms with Crippen molar-refractivity contribution in [2.45, 2.75) is 78.0 Å². The molecule has 1 aliphatic heterocycles. The van der Waals surface area contributed by atoms with Crippen LogP contribution in [-0.4, -0.2) is 47.0 Å². The number of ether oxygens (including phenoxy) is 1. The first-order valence-electron chi connectivity index (χ1n) is 14.2. The lowest BCUT2D eigenvalue weighted by molar-refractivity contribution is -0.137. The van der Waals surface area contributed by atoms with Crippen LogP contribution in [0.1, 0.15) is 64.0 Å². The standard InChI is InChI=1S/C33H42N2O3/c1-4-5-7-16-30-22-34(32(36)21-27-17-18-28-14-10-11-15-29(28)20-27)31(19-25(2)3)23-35(30)33(37)38-24-26-12-8-6-9-13-26/h6,8-15,17-18,20,25,30-31H,4-5,7,16,19,21-24H2,1-3H3/t30-,31+/m0/s1. The predicted molar refractivity (Wildman–Crippen MR) is 154 cm³/mol. The minimum atomic E-state index is -0.272. The molecular weight excluding hydrogens is 472 g/mol. The Morgan fingerprint density at radius 2 is 1.55 bits per heavy atom. The van der Waals surface area contributed by atoms with Gasteiger partial charge in [0.05, 0.1) is 12.5 Å². The zero-order valence-corrected chi connectivity index (χ0v) is 23.1. The quantitative estimate of drug-likeness (QED) is 0.268. The molecule has 0 aromatic heterocycles. The van der Waals surface area contributed by atoms with Gasteiger partial charge in [-0.2, -0.15) is 0 Å². The Kier molecular flexibility index (Phi) is 9.80. The highest BCUT2D eigenvalue weighted by Crippen LogP contribution is 2.26. The maximum Gasteiger partial charge on any atom is 0.410 e. The number of unbranched alkanes of at least 4 members (excludes halogenated alkanes) is 2. The van der Waals surface area contributed by atoms with Crippen LogP contribution < -0.4 is 0 Å². The molecule has 1 aliphatic rings. The SMILES string of the molecule is CCCCC[C@H]1CN(C(=O)Cc2ccc3ccccc3c2)[C@H](CC(C)C)CN1C(=O)OCc1ccccc1. The molecule has 3 aromatic carbocycles. The van der Waals surface area contributed by atoms with Crippen molar-refractivity contribution in [3.8, 4) is 0 Å². The Morgan fingerprint density at radius 1 is 0.842 bits per heavy atom. The highest BCUT2D eigenvalue weighted by Gasteiger charge is 2.39. The van der Waals surface area contributed by atoms with Crippen molar-refractivity contribution in [2.24, 2.45) is 5.92 Å². The Hall–Kier alpha value is -3.34. The lowest BCUT2D eigenvalue weighted by Crippen LogP contribution is -2.61. The van der Waals surface area contributed by atoms with E-state index in [9.17, 15) is 9.59 Å². The highest BCUT2D eigenvalue weighted by atomic mass is 16.6. The van der Waals surface area contributed by atoms with Gasteiger partial charge < -0.3 is 14.5 Å². The van der Waals surface area contributed by atoms with Crippen LogP contribution in [0.4, 0.5) is 4.79 Å². The summed E-state index contributed by atoms with van der Waals surface area (Å²) in [7, 11) is 0. The van der Waals surface area contributed by atoms with Crippen molar-refractivity contribution in [2.75, 3.05) is 13.1 Å². The molecule has 0 unspecified atom stereocenters. The molecule has 0 spiro atoms. The molecule has 2 amide bonds. The number of carbonyl (C=O) groups is 2. The van der Waals surface area contributed by atoms with Crippen molar-refractivity contribution in [1.29, 1.82) is 0 Å². The summed E-state index contributed by atoms with van der Waals surface area (Å²) in [5.41, 5.74) is 2.01. The third-order valence-electron chi connectivity index (χ3n) is 7.51. The first kappa shape index (κ1) is 27.7. The number of fused-ring (bicyclic) bond motifs is 1. The van der Waals surface area contributed by atoms with Crippen molar-refractivity contribution in [3.05, 3.63) is 83.9 Å². The van der Waals surface area contributed by atoms with Gasteiger partial charge in [0.2, 0.25) is 5.91 Å². The van der Waals surface area contributed by atoms with E-state index in [1.54, 1.807) is 0 Å². The second-order valence-corrected chi connectivity index (χ2v) is 11.0. The fraction of sp³-hybridized carbons (Fsp3) is 0.455. The molecule has 0 bridgehead atoms. The molecule has 0 radical (unpaired) electrons. The number of hydrogen-bond donors (Lipinski definition) is 0. The minimum Gasteiger partial charge on any atom is -0.445 e. The zero-order valence-electron chi connectivity index (χ0n) is 23.1. The van der Waals surface area contributed by atoms with Crippen LogP contribution >= 0.6 is 0 Å². The summed E-state index contributed by atoms with van der Waals surface area (Å²) in [5, 5.41) is 2.33. The largest absolute Gasteiger partial charge is 0.445 e. The molecule has 0 N–H and O–H groups in total. The van der Waals surface area contributed by atoms with Crippen LogP contribution in [-0.2, 0) is 22.6 Å². The third-order valence-corrected chi connectivity index (χ3v) is 7.51. The van der Waals surface area contributed by atoms with E-state index in [0.717, 1.165) is 48.6 Å². The normalized spacial score (nSPS) is 17.7. The second kappa shape index (κ2) is 13.5. The average molecular weight is 515 g/mol. The van der Waals surface area contributed by atoms with Crippen LogP contribution in [0, 0.1) is 5.92 Å². The lowest BCUT2D eigenvalue weighted by Gasteiger charge is -2.46. The number of hydrogen-bond acceptors (Lipinski definition) is 3. The zero-order chi connectivity index (χ0) is 26.9. The summed E-state index contributed by atoms with van der Waals surface area (Å²) in [6.07, 6.45) is 5.10. The first-order valence-corrected chi connectivity index (χ1v) is 14.2. The van der Waals surface area contributed by atoms with Gasteiger partial charge in [0.1, 0.15) is 6.61 Å². The van der Waals surface area contributed by atoms with Crippen LogP contribution in [0.15, 0.2) is 72.8 Å². The molecule has 0 saturated carbocycles. The van der Waals surface area contributed by atoms with Crippen LogP contribution in [0.3, 0.4) is 0 Å². The summed E-state index contributed by atoms with van der Waals surface area (Å²) in [5.74, 6) is 0.554. The average Bonchev–Trinajstić information content (AvgIpc) is 2.92. The lowest BCUT2D eigenvalue weighted by atomic mass is 9.94. The van der Waals surface area contributed by atoms with Gasteiger partial charge in [-0.1, -0.05) is 113 Å². The Morgan fingerprint density at radius 3 is 2.29 bits per heavy atom. The topological polar surface area (TPSA) is 49.9 Å². The van der Waals surface area contributed by atoms with Crippen molar-refractivity contribution in [1.82, 2.24) is 9.80 Å². The van der Waals surface area contributed by atoms with E-state index in [-0.39, 0.29) is 30.7 Å². The van der Waals surface area contributed by atoms with Crippen molar-refractivity contribution >= 4 is 22.8 Å². The molecule has 2 atom stereocenters. The molecule has 202 valence electrons. The van der Waals surface area contributed by atoms with Crippen molar-refractivity contribution < 1.29 is 14.3 Å². The van der Waals surface area contributed by atoms with E-state index in [1.165, 1.54) is 5.39 Å². The monoisotopic (exact) mass is 514 g/mol. The van der Waals surface area contributed by atoms with Gasteiger partial charge >= 0.3 is 6.09 Å². The number of piperazine rings is 1. The Bertz CT molecular complexity index is 1190. The number of rotatable bonds is 10. The summed E-state index contributed by atoms with van der Waals surface area (Å²) < 4.78 is 5.77. The summed E-state index contributed by atoms with van der Waals surface area (Å²) >= 11 is 0. The number of nitrogens with zero attached hydrogens (tertiary/aromatic N) is 2. The molecule has 1 saturated heterocycles. The number of carbonyl (C=O) groups excluding carboxylic acids is 2. The number of benzene rings is 3. The van der Waals surface area contributed by atoms with Gasteiger partial charge in [-0.25, -0.2) is 4.79 Å². The van der Waals surface area contributed by atoms with E-state index >= 15 is 0 Å². The molecule has 38 heavy (non-hydrogen) atoms. The summed E-state index contributed by atoms with van der Waals surface area (Å²) in [6, 6.07) is 24.3. The van der Waals surface area contributed by atoms with Gasteiger partial charge in [-0.05, 0) is 40.7 Å². The van der Waals surface area contributed by atoms with E-state index < -0.39 is 0 Å². The molecule has 1 heterocycles. The van der Waals surface area contributed by atoms with E-state index in [4.69, 9.17) is 4.74 Å².